The molecule has 0 aliphatic rings. The molecule has 2 heterocycles. The monoisotopic (exact) mass is 322 g/mol. The van der Waals surface area contributed by atoms with Crippen LogP contribution in [0.15, 0.2) is 22.7 Å². The minimum atomic E-state index is -1.19. The van der Waals surface area contributed by atoms with Gasteiger partial charge in [0.2, 0.25) is 5.91 Å². The molecule has 1 N–H and O–H groups in total. The van der Waals surface area contributed by atoms with Gasteiger partial charge in [-0.2, -0.15) is 0 Å². The molecule has 9 heteroatoms. The smallest absolute Gasteiger partial charge is 0.358 e. The van der Waals surface area contributed by atoms with E-state index in [1.807, 2.05) is 13.0 Å². The summed E-state index contributed by atoms with van der Waals surface area (Å²) in [5.41, 5.74) is -0.206. The van der Waals surface area contributed by atoms with Gasteiger partial charge in [0.15, 0.2) is 5.69 Å². The van der Waals surface area contributed by atoms with Crippen molar-refractivity contribution in [2.24, 2.45) is 0 Å². The maximum atomic E-state index is 12.4. The highest BCUT2D eigenvalue weighted by atomic mass is 16.5. The number of nitrogens with zero attached hydrogens (tertiary/aromatic N) is 4. The van der Waals surface area contributed by atoms with Crippen molar-refractivity contribution < 1.29 is 23.8 Å². The molecule has 0 fully saturated rings. The lowest BCUT2D eigenvalue weighted by molar-refractivity contribution is -0.133. The molecule has 2 rings (SSSR count). The number of ether oxygens (including phenoxy) is 1. The Morgan fingerprint density at radius 1 is 1.43 bits per heavy atom. The van der Waals surface area contributed by atoms with E-state index in [2.05, 4.69) is 10.3 Å². The van der Waals surface area contributed by atoms with E-state index in [1.165, 1.54) is 10.9 Å². The molecule has 23 heavy (non-hydrogen) atoms. The number of aromatic nitrogens is 3. The minimum Gasteiger partial charge on any atom is -0.476 e. The van der Waals surface area contributed by atoms with Gasteiger partial charge in [-0.05, 0) is 19.1 Å². The number of carbonyl (C=O) groups is 2. The van der Waals surface area contributed by atoms with Crippen molar-refractivity contribution in [3.63, 3.8) is 0 Å². The maximum Gasteiger partial charge on any atom is 0.358 e. The summed E-state index contributed by atoms with van der Waals surface area (Å²) in [5.74, 6) is 0.00206. The fourth-order valence-electron chi connectivity index (χ4n) is 1.96. The highest BCUT2D eigenvalue weighted by Crippen LogP contribution is 2.10. The second-order valence-corrected chi connectivity index (χ2v) is 4.93. The predicted octanol–water partition coefficient (Wildman–Crippen LogP) is 0.553. The fourth-order valence-corrected chi connectivity index (χ4v) is 1.96. The summed E-state index contributed by atoms with van der Waals surface area (Å²) >= 11 is 0. The number of carboxylic acids is 1. The van der Waals surface area contributed by atoms with Crippen LogP contribution in [0.25, 0.3) is 0 Å². The zero-order valence-electron chi connectivity index (χ0n) is 12.9. The molecular formula is C14H18N4O5. The fraction of sp³-hybridized carbons (Fsp3) is 0.429. The summed E-state index contributed by atoms with van der Waals surface area (Å²) in [6.07, 6.45) is 1.21. The number of rotatable bonds is 8. The molecule has 2 aromatic rings. The van der Waals surface area contributed by atoms with Crippen LogP contribution in [0, 0.1) is 6.92 Å². The lowest BCUT2D eigenvalue weighted by Crippen LogP contribution is -2.36. The minimum absolute atomic E-state index is 0.107. The molecule has 0 aromatic carbocycles. The molecule has 0 aliphatic carbocycles. The molecule has 0 saturated heterocycles. The zero-order chi connectivity index (χ0) is 16.8. The van der Waals surface area contributed by atoms with Crippen molar-refractivity contribution in [3.8, 4) is 0 Å². The Bertz CT molecular complexity index is 678. The van der Waals surface area contributed by atoms with Crippen molar-refractivity contribution in [3.05, 3.63) is 35.5 Å². The van der Waals surface area contributed by atoms with Crippen molar-refractivity contribution in [1.82, 2.24) is 19.9 Å². The van der Waals surface area contributed by atoms with Crippen LogP contribution < -0.4 is 0 Å². The number of methoxy groups -OCH3 is 1. The standard InChI is InChI=1S/C14H18N4O5/c1-10-3-4-11(23-10)7-17(5-6-22-2)13(19)9-18-8-12(14(20)21)15-16-18/h3-4,8H,5-7,9H2,1-2H3,(H,20,21). The number of furan rings is 1. The molecular weight excluding hydrogens is 304 g/mol. The van der Waals surface area contributed by atoms with Gasteiger partial charge in [0.1, 0.15) is 18.1 Å². The lowest BCUT2D eigenvalue weighted by Gasteiger charge is -2.21. The summed E-state index contributed by atoms with van der Waals surface area (Å²) in [5, 5.41) is 15.9. The van der Waals surface area contributed by atoms with Crippen LogP contribution in [-0.4, -0.2) is 57.1 Å². The van der Waals surface area contributed by atoms with Crippen molar-refractivity contribution in [1.29, 1.82) is 0 Å². The molecule has 0 atom stereocenters. The summed E-state index contributed by atoms with van der Waals surface area (Å²) in [7, 11) is 1.55. The molecule has 124 valence electrons. The van der Waals surface area contributed by atoms with Crippen molar-refractivity contribution in [2.75, 3.05) is 20.3 Å². The molecule has 0 radical (unpaired) electrons. The summed E-state index contributed by atoms with van der Waals surface area (Å²) < 4.78 is 11.7. The second kappa shape index (κ2) is 7.54. The average Bonchev–Trinajstić information content (AvgIpc) is 3.12. The third-order valence-corrected chi connectivity index (χ3v) is 3.12. The van der Waals surface area contributed by atoms with E-state index < -0.39 is 5.97 Å². The van der Waals surface area contributed by atoms with E-state index in [4.69, 9.17) is 14.3 Å². The Morgan fingerprint density at radius 2 is 2.22 bits per heavy atom. The molecule has 1 amide bonds. The average molecular weight is 322 g/mol. The number of hydrogen-bond acceptors (Lipinski definition) is 6. The van der Waals surface area contributed by atoms with Gasteiger partial charge in [-0.25, -0.2) is 9.48 Å². The summed E-state index contributed by atoms with van der Waals surface area (Å²) in [6, 6.07) is 3.63. The number of carboxylic acid groups (broad SMARTS) is 1. The van der Waals surface area contributed by atoms with Gasteiger partial charge in [-0.3, -0.25) is 4.79 Å². The molecule has 0 unspecified atom stereocenters. The van der Waals surface area contributed by atoms with E-state index in [1.54, 1.807) is 18.1 Å². The van der Waals surface area contributed by atoms with Gasteiger partial charge in [-0.1, -0.05) is 5.21 Å². The van der Waals surface area contributed by atoms with Crippen molar-refractivity contribution >= 4 is 11.9 Å². The Hall–Kier alpha value is -2.68. The molecule has 0 bridgehead atoms. The summed E-state index contributed by atoms with van der Waals surface area (Å²) in [4.78, 5) is 24.7. The number of aromatic carboxylic acids is 1. The Kier molecular flexibility index (Phi) is 5.47. The summed E-state index contributed by atoms with van der Waals surface area (Å²) in [6.45, 7) is 2.78. The highest BCUT2D eigenvalue weighted by molar-refractivity contribution is 5.84. The van der Waals surface area contributed by atoms with Gasteiger partial charge in [0, 0.05) is 13.7 Å². The van der Waals surface area contributed by atoms with Crippen molar-refractivity contribution in [2.45, 2.75) is 20.0 Å². The Morgan fingerprint density at radius 3 is 2.78 bits per heavy atom. The third-order valence-electron chi connectivity index (χ3n) is 3.12. The van der Waals surface area contributed by atoms with Crippen LogP contribution in [-0.2, 0) is 22.6 Å². The predicted molar refractivity (Wildman–Crippen MR) is 77.7 cm³/mol. The number of aryl methyl sites for hydroxylation is 1. The highest BCUT2D eigenvalue weighted by Gasteiger charge is 2.18. The van der Waals surface area contributed by atoms with E-state index in [0.717, 1.165) is 5.76 Å². The van der Waals surface area contributed by atoms with Gasteiger partial charge in [0.25, 0.3) is 0 Å². The van der Waals surface area contributed by atoms with Gasteiger partial charge in [0.05, 0.1) is 19.3 Å². The quantitative estimate of drug-likeness (QED) is 0.755. The number of amides is 1. The van der Waals surface area contributed by atoms with Crippen LogP contribution >= 0.6 is 0 Å². The van der Waals surface area contributed by atoms with Crippen LogP contribution in [0.5, 0.6) is 0 Å². The first-order valence-corrected chi connectivity index (χ1v) is 6.95. The van der Waals surface area contributed by atoms with E-state index in [0.29, 0.717) is 25.5 Å². The molecule has 9 nitrogen and oxygen atoms in total. The first kappa shape index (κ1) is 16.7. The first-order chi connectivity index (χ1) is 11.0. The maximum absolute atomic E-state index is 12.4. The number of carbonyl (C=O) groups excluding carboxylic acids is 1. The van der Waals surface area contributed by atoms with E-state index >= 15 is 0 Å². The topological polar surface area (TPSA) is 111 Å². The third kappa shape index (κ3) is 4.65. The zero-order valence-corrected chi connectivity index (χ0v) is 12.9. The Labute approximate surface area is 132 Å². The second-order valence-electron chi connectivity index (χ2n) is 4.93. The SMILES string of the molecule is COCCN(Cc1ccc(C)o1)C(=O)Cn1cc(C(=O)O)nn1. The lowest BCUT2D eigenvalue weighted by atomic mass is 10.3. The number of hydrogen-bond donors (Lipinski definition) is 1. The van der Waals surface area contributed by atoms with E-state index in [-0.39, 0.29) is 18.1 Å². The van der Waals surface area contributed by atoms with Crippen LogP contribution in [0.1, 0.15) is 22.0 Å². The van der Waals surface area contributed by atoms with Crippen LogP contribution in [0.4, 0.5) is 0 Å². The normalized spacial score (nSPS) is 10.7. The van der Waals surface area contributed by atoms with Gasteiger partial charge >= 0.3 is 5.97 Å². The van der Waals surface area contributed by atoms with Gasteiger partial charge in [-0.15, -0.1) is 5.10 Å². The van der Waals surface area contributed by atoms with Crippen LogP contribution in [0.2, 0.25) is 0 Å². The molecule has 0 saturated carbocycles. The van der Waals surface area contributed by atoms with Crippen LogP contribution in [0.3, 0.4) is 0 Å². The largest absolute Gasteiger partial charge is 0.476 e. The Balaban J connectivity index is 2.04. The molecule has 0 aliphatic heterocycles. The van der Waals surface area contributed by atoms with Gasteiger partial charge < -0.3 is 19.2 Å². The molecule has 2 aromatic heterocycles. The first-order valence-electron chi connectivity index (χ1n) is 6.95. The van der Waals surface area contributed by atoms with E-state index in [9.17, 15) is 9.59 Å². The molecule has 0 spiro atoms.